The number of aromatic nitrogens is 1. The Morgan fingerprint density at radius 3 is 2.65 bits per heavy atom. The second kappa shape index (κ2) is 6.91. The summed E-state index contributed by atoms with van der Waals surface area (Å²) in [5.41, 5.74) is 5.40. The molecule has 1 spiro atoms. The molecule has 11 heteroatoms. The molecule has 162 valence electrons. The van der Waals surface area contributed by atoms with Crippen LogP contribution in [0.15, 0.2) is 41.5 Å². The first-order chi connectivity index (χ1) is 14.6. The van der Waals surface area contributed by atoms with Crippen molar-refractivity contribution in [2.45, 2.75) is 30.1 Å². The number of nitrogens with zero attached hydrogens (tertiary/aromatic N) is 4. The fourth-order valence-corrected chi connectivity index (χ4v) is 6.17. The number of carbonyl (C=O) groups is 1. The molecule has 9 nitrogen and oxygen atoms in total. The van der Waals surface area contributed by atoms with Crippen molar-refractivity contribution >= 4 is 28.3 Å². The van der Waals surface area contributed by atoms with E-state index in [0.29, 0.717) is 18.4 Å². The molecule has 1 fully saturated rings. The van der Waals surface area contributed by atoms with E-state index in [-0.39, 0.29) is 22.9 Å². The molecule has 1 amide bonds. The van der Waals surface area contributed by atoms with Gasteiger partial charge in [-0.1, -0.05) is 0 Å². The van der Waals surface area contributed by atoms with Gasteiger partial charge in [-0.2, -0.15) is 5.26 Å². The number of pyridine rings is 1. The molecule has 31 heavy (non-hydrogen) atoms. The van der Waals surface area contributed by atoms with Gasteiger partial charge in [-0.05, 0) is 50.1 Å². The largest absolute Gasteiger partial charge is 0.369 e. The number of benzene rings is 1. The molecular formula is C20H21FN6O3S. The molecule has 0 unspecified atom stereocenters. The van der Waals surface area contributed by atoms with E-state index >= 15 is 0 Å². The summed E-state index contributed by atoms with van der Waals surface area (Å²) in [5, 5.41) is 11.5. The zero-order valence-corrected chi connectivity index (χ0v) is 17.6. The predicted molar refractivity (Wildman–Crippen MR) is 115 cm³/mol. The van der Waals surface area contributed by atoms with Gasteiger partial charge in [-0.3, -0.25) is 13.9 Å². The fourth-order valence-electron chi connectivity index (χ4n) is 4.01. The van der Waals surface area contributed by atoms with Gasteiger partial charge in [-0.25, -0.2) is 18.7 Å². The molecule has 2 aromatic rings. The van der Waals surface area contributed by atoms with Crippen LogP contribution in [0.5, 0.6) is 0 Å². The number of anilines is 1. The maximum atomic E-state index is 15.0. The van der Waals surface area contributed by atoms with E-state index in [4.69, 9.17) is 11.0 Å². The summed E-state index contributed by atoms with van der Waals surface area (Å²) in [5.74, 6) is -1.24. The Labute approximate surface area is 179 Å². The van der Waals surface area contributed by atoms with E-state index < -0.39 is 32.8 Å². The van der Waals surface area contributed by atoms with E-state index in [1.807, 2.05) is 6.07 Å². The number of aliphatic imine (C=N–C) groups is 1. The molecule has 1 aromatic carbocycles. The molecule has 4 rings (SSSR count). The highest BCUT2D eigenvalue weighted by Gasteiger charge is 2.70. The van der Waals surface area contributed by atoms with Crippen LogP contribution in [0.4, 0.5) is 10.1 Å². The number of carbonyl (C=O) groups excluding carboxylic acids is 1. The lowest BCUT2D eigenvalue weighted by atomic mass is 9.86. The molecule has 1 aliphatic heterocycles. The minimum absolute atomic E-state index is 0.0884. The topological polar surface area (TPSA) is 148 Å². The SMILES string of the molecule is CN1C(N)=N[C@](C)(c2cc(NC(=O)c3ccc(C#N)cn3)ccc2F)C2(CC2)S1(O)O. The Bertz CT molecular complexity index is 1140. The number of amides is 1. The van der Waals surface area contributed by atoms with Crippen LogP contribution in [0.3, 0.4) is 0 Å². The zero-order chi connectivity index (χ0) is 22.6. The summed E-state index contributed by atoms with van der Waals surface area (Å²) in [6.45, 7) is 1.63. The third kappa shape index (κ3) is 3.03. The van der Waals surface area contributed by atoms with Gasteiger partial charge in [0, 0.05) is 24.5 Å². The first kappa shape index (κ1) is 21.0. The predicted octanol–water partition coefficient (Wildman–Crippen LogP) is 3.02. The van der Waals surface area contributed by atoms with Crippen LogP contribution in [0.25, 0.3) is 0 Å². The highest BCUT2D eigenvalue weighted by atomic mass is 32.3. The third-order valence-electron chi connectivity index (χ3n) is 6.03. The normalized spacial score (nSPS) is 24.1. The van der Waals surface area contributed by atoms with E-state index in [0.717, 1.165) is 4.31 Å². The summed E-state index contributed by atoms with van der Waals surface area (Å²) >= 11 is 0. The lowest BCUT2D eigenvalue weighted by molar-refractivity contribution is 0.102. The molecule has 2 heterocycles. The van der Waals surface area contributed by atoms with Crippen LogP contribution in [0.1, 0.15) is 41.4 Å². The average molecular weight is 444 g/mol. The van der Waals surface area contributed by atoms with Crippen LogP contribution in [-0.2, 0) is 5.54 Å². The molecule has 0 bridgehead atoms. The Hall–Kier alpha value is -3.20. The lowest BCUT2D eigenvalue weighted by Gasteiger charge is -2.56. The van der Waals surface area contributed by atoms with Crippen molar-refractivity contribution in [2.75, 3.05) is 12.4 Å². The maximum Gasteiger partial charge on any atom is 0.274 e. The van der Waals surface area contributed by atoms with E-state index in [1.165, 1.54) is 43.6 Å². The Morgan fingerprint density at radius 1 is 1.35 bits per heavy atom. The number of hydrogen-bond acceptors (Lipinski definition) is 8. The Morgan fingerprint density at radius 2 is 2.06 bits per heavy atom. The number of nitriles is 1. The standard InChI is InChI=1S/C20H21FN6O3S/c1-19(20(7-8-20)31(29,30)27(2)18(23)26-19)14-9-13(4-5-15(14)21)25-17(28)16-6-3-12(10-22)11-24-16/h3-6,9,11,29-30H,7-8H2,1-2H3,(H2,23,26)(H,25,28)/t19-/m1/s1. The van der Waals surface area contributed by atoms with Gasteiger partial charge in [0.2, 0.25) is 5.96 Å². The zero-order valence-electron chi connectivity index (χ0n) is 16.8. The van der Waals surface area contributed by atoms with Crippen molar-refractivity contribution in [1.29, 1.82) is 5.26 Å². The molecule has 0 radical (unpaired) electrons. The Kier molecular flexibility index (Phi) is 4.69. The fraction of sp³-hybridized carbons (Fsp3) is 0.300. The number of halogens is 1. The van der Waals surface area contributed by atoms with Gasteiger partial charge >= 0.3 is 0 Å². The van der Waals surface area contributed by atoms with Crippen molar-refractivity contribution in [3.05, 3.63) is 59.2 Å². The van der Waals surface area contributed by atoms with Crippen LogP contribution < -0.4 is 11.1 Å². The van der Waals surface area contributed by atoms with Gasteiger partial charge in [0.25, 0.3) is 5.91 Å². The second-order valence-electron chi connectivity index (χ2n) is 7.75. The summed E-state index contributed by atoms with van der Waals surface area (Å²) in [4.78, 5) is 20.9. The molecule has 5 N–H and O–H groups in total. The van der Waals surface area contributed by atoms with Crippen molar-refractivity contribution in [3.63, 3.8) is 0 Å². The quantitative estimate of drug-likeness (QED) is 0.569. The molecule has 2 aliphatic rings. The van der Waals surface area contributed by atoms with Gasteiger partial charge < -0.3 is 11.1 Å². The van der Waals surface area contributed by atoms with E-state index in [2.05, 4.69) is 15.3 Å². The molecule has 0 saturated heterocycles. The van der Waals surface area contributed by atoms with Crippen LogP contribution in [-0.4, -0.2) is 42.1 Å². The monoisotopic (exact) mass is 444 g/mol. The van der Waals surface area contributed by atoms with Gasteiger partial charge in [0.15, 0.2) is 0 Å². The number of nitrogens with two attached hydrogens (primary N) is 1. The summed E-state index contributed by atoms with van der Waals surface area (Å²) in [7, 11) is -1.90. The highest BCUT2D eigenvalue weighted by Crippen LogP contribution is 2.76. The van der Waals surface area contributed by atoms with Crippen molar-refractivity contribution in [2.24, 2.45) is 10.7 Å². The van der Waals surface area contributed by atoms with Crippen LogP contribution >= 0.6 is 10.8 Å². The average Bonchev–Trinajstić information content (AvgIpc) is 3.56. The Balaban J connectivity index is 1.71. The molecule has 1 atom stereocenters. The number of hydrogen-bond donors (Lipinski definition) is 4. The lowest BCUT2D eigenvalue weighted by Crippen LogP contribution is -2.55. The minimum atomic E-state index is -3.35. The molecule has 1 aromatic heterocycles. The summed E-state index contributed by atoms with van der Waals surface area (Å²) < 4.78 is 36.8. The molecule has 1 saturated carbocycles. The third-order valence-corrected chi connectivity index (χ3v) is 8.84. The van der Waals surface area contributed by atoms with Crippen molar-refractivity contribution in [3.8, 4) is 6.07 Å². The maximum absolute atomic E-state index is 15.0. The summed E-state index contributed by atoms with van der Waals surface area (Å²) in [6, 6.07) is 8.81. The summed E-state index contributed by atoms with van der Waals surface area (Å²) in [6.07, 6.45) is 2.17. The first-order valence-electron chi connectivity index (χ1n) is 9.40. The van der Waals surface area contributed by atoms with Crippen LogP contribution in [0.2, 0.25) is 0 Å². The molecule has 1 aliphatic carbocycles. The van der Waals surface area contributed by atoms with E-state index in [9.17, 15) is 18.3 Å². The van der Waals surface area contributed by atoms with Gasteiger partial charge in [-0.15, -0.1) is 10.8 Å². The van der Waals surface area contributed by atoms with Crippen LogP contribution in [0, 0.1) is 17.1 Å². The smallest absolute Gasteiger partial charge is 0.274 e. The minimum Gasteiger partial charge on any atom is -0.369 e. The highest BCUT2D eigenvalue weighted by molar-refractivity contribution is 8.24. The van der Waals surface area contributed by atoms with Gasteiger partial charge in [0.1, 0.15) is 27.9 Å². The number of rotatable bonds is 3. The second-order valence-corrected chi connectivity index (χ2v) is 10.1. The number of nitrogens with one attached hydrogen (secondary N) is 1. The molecular weight excluding hydrogens is 423 g/mol. The van der Waals surface area contributed by atoms with Crippen molar-refractivity contribution in [1.82, 2.24) is 9.29 Å². The van der Waals surface area contributed by atoms with Crippen molar-refractivity contribution < 1.29 is 18.3 Å². The van der Waals surface area contributed by atoms with Gasteiger partial charge in [0.05, 0.1) is 5.56 Å². The number of guanidine groups is 1. The van der Waals surface area contributed by atoms with E-state index in [1.54, 1.807) is 6.92 Å². The first-order valence-corrected chi connectivity index (χ1v) is 10.9.